The summed E-state index contributed by atoms with van der Waals surface area (Å²) < 4.78 is 0. The summed E-state index contributed by atoms with van der Waals surface area (Å²) in [6.07, 6.45) is 5.46. The summed E-state index contributed by atoms with van der Waals surface area (Å²) >= 11 is 0. The first-order valence-corrected chi connectivity index (χ1v) is 7.85. The van der Waals surface area contributed by atoms with Crippen LogP contribution in [0, 0.1) is 5.92 Å². The van der Waals surface area contributed by atoms with Crippen LogP contribution >= 0.6 is 0 Å². The Kier molecular flexibility index (Phi) is 4.18. The van der Waals surface area contributed by atoms with E-state index >= 15 is 0 Å². The minimum atomic E-state index is 0.0517. The van der Waals surface area contributed by atoms with Crippen molar-refractivity contribution in [3.05, 3.63) is 48.3 Å². The monoisotopic (exact) mass is 295 g/mol. The minimum Gasteiger partial charge on any atom is -0.335 e. The van der Waals surface area contributed by atoms with E-state index in [1.807, 2.05) is 35.2 Å². The Morgan fingerprint density at radius 3 is 2.50 bits per heavy atom. The lowest BCUT2D eigenvalue weighted by molar-refractivity contribution is 0.0700. The SMILES string of the molecule is CC(C)[C@H]1CCCN1C(=O)c1cnc(-c2ccccc2)nc1. The number of hydrogen-bond acceptors (Lipinski definition) is 3. The second-order valence-electron chi connectivity index (χ2n) is 6.11. The van der Waals surface area contributed by atoms with Gasteiger partial charge in [0.15, 0.2) is 5.82 Å². The Hall–Kier alpha value is -2.23. The van der Waals surface area contributed by atoms with Crippen LogP contribution in [0.2, 0.25) is 0 Å². The van der Waals surface area contributed by atoms with E-state index < -0.39 is 0 Å². The summed E-state index contributed by atoms with van der Waals surface area (Å²) in [5.74, 6) is 1.19. The molecule has 2 heterocycles. The van der Waals surface area contributed by atoms with E-state index in [0.29, 0.717) is 23.3 Å². The van der Waals surface area contributed by atoms with Crippen molar-refractivity contribution in [2.24, 2.45) is 5.92 Å². The predicted octanol–water partition coefficient (Wildman–Crippen LogP) is 3.40. The number of hydrogen-bond donors (Lipinski definition) is 0. The number of likely N-dealkylation sites (tertiary alicyclic amines) is 1. The van der Waals surface area contributed by atoms with Crippen LogP contribution in [-0.4, -0.2) is 33.4 Å². The summed E-state index contributed by atoms with van der Waals surface area (Å²) in [7, 11) is 0. The highest BCUT2D eigenvalue weighted by molar-refractivity contribution is 5.94. The Balaban J connectivity index is 1.79. The summed E-state index contributed by atoms with van der Waals surface area (Å²) in [5.41, 5.74) is 1.54. The number of rotatable bonds is 3. The fourth-order valence-electron chi connectivity index (χ4n) is 3.08. The van der Waals surface area contributed by atoms with E-state index in [0.717, 1.165) is 24.9 Å². The number of carbonyl (C=O) groups is 1. The first-order chi connectivity index (χ1) is 10.7. The van der Waals surface area contributed by atoms with E-state index in [1.165, 1.54) is 0 Å². The molecule has 0 spiro atoms. The standard InChI is InChI=1S/C18H21N3O/c1-13(2)16-9-6-10-21(16)18(22)15-11-19-17(20-12-15)14-7-4-3-5-8-14/h3-5,7-8,11-13,16H,6,9-10H2,1-2H3/t16-/m1/s1. The van der Waals surface area contributed by atoms with Gasteiger partial charge in [-0.25, -0.2) is 9.97 Å². The van der Waals surface area contributed by atoms with Gasteiger partial charge in [-0.15, -0.1) is 0 Å². The average molecular weight is 295 g/mol. The van der Waals surface area contributed by atoms with Crippen LogP contribution in [0.25, 0.3) is 11.4 Å². The molecule has 22 heavy (non-hydrogen) atoms. The van der Waals surface area contributed by atoms with E-state index in [-0.39, 0.29) is 5.91 Å². The van der Waals surface area contributed by atoms with Gasteiger partial charge in [0, 0.05) is 30.5 Å². The van der Waals surface area contributed by atoms with Crippen molar-refractivity contribution in [2.75, 3.05) is 6.54 Å². The second-order valence-corrected chi connectivity index (χ2v) is 6.11. The molecule has 2 aromatic rings. The number of nitrogens with zero attached hydrogens (tertiary/aromatic N) is 3. The van der Waals surface area contributed by atoms with E-state index in [1.54, 1.807) is 12.4 Å². The zero-order valence-corrected chi connectivity index (χ0v) is 13.1. The molecule has 1 amide bonds. The van der Waals surface area contributed by atoms with Crippen LogP contribution in [0.4, 0.5) is 0 Å². The van der Waals surface area contributed by atoms with Crippen LogP contribution < -0.4 is 0 Å². The van der Waals surface area contributed by atoms with Crippen molar-refractivity contribution in [1.82, 2.24) is 14.9 Å². The Bertz CT molecular complexity index is 637. The van der Waals surface area contributed by atoms with E-state index in [2.05, 4.69) is 23.8 Å². The normalized spacial score (nSPS) is 18.0. The third kappa shape index (κ3) is 2.86. The predicted molar refractivity (Wildman–Crippen MR) is 86.4 cm³/mol. The Labute approximate surface area is 131 Å². The van der Waals surface area contributed by atoms with Gasteiger partial charge < -0.3 is 4.90 Å². The zero-order chi connectivity index (χ0) is 15.5. The molecule has 1 saturated heterocycles. The molecule has 114 valence electrons. The Morgan fingerprint density at radius 2 is 1.86 bits per heavy atom. The van der Waals surface area contributed by atoms with Crippen molar-refractivity contribution in [2.45, 2.75) is 32.7 Å². The smallest absolute Gasteiger partial charge is 0.257 e. The van der Waals surface area contributed by atoms with Gasteiger partial charge in [0.1, 0.15) is 0 Å². The second kappa shape index (κ2) is 6.26. The van der Waals surface area contributed by atoms with Crippen LogP contribution in [0.15, 0.2) is 42.7 Å². The first kappa shape index (κ1) is 14.7. The average Bonchev–Trinajstić information content (AvgIpc) is 3.05. The molecular formula is C18H21N3O. The molecule has 3 rings (SSSR count). The molecular weight excluding hydrogens is 274 g/mol. The van der Waals surface area contributed by atoms with E-state index in [4.69, 9.17) is 0 Å². The molecule has 1 aliphatic heterocycles. The molecule has 1 aliphatic rings. The van der Waals surface area contributed by atoms with Gasteiger partial charge in [0.2, 0.25) is 0 Å². The number of carbonyl (C=O) groups excluding carboxylic acids is 1. The van der Waals surface area contributed by atoms with Gasteiger partial charge in [0.25, 0.3) is 5.91 Å². The molecule has 0 N–H and O–H groups in total. The van der Waals surface area contributed by atoms with Crippen LogP contribution in [0.1, 0.15) is 37.0 Å². The highest BCUT2D eigenvalue weighted by Gasteiger charge is 2.31. The lowest BCUT2D eigenvalue weighted by atomic mass is 10.0. The van der Waals surface area contributed by atoms with Gasteiger partial charge >= 0.3 is 0 Å². The maximum atomic E-state index is 12.7. The van der Waals surface area contributed by atoms with Crippen molar-refractivity contribution >= 4 is 5.91 Å². The molecule has 0 unspecified atom stereocenters. The van der Waals surface area contributed by atoms with Gasteiger partial charge in [-0.3, -0.25) is 4.79 Å². The minimum absolute atomic E-state index is 0.0517. The van der Waals surface area contributed by atoms with Crippen LogP contribution in [0.5, 0.6) is 0 Å². The number of amides is 1. The topological polar surface area (TPSA) is 46.1 Å². The number of aromatic nitrogens is 2. The summed E-state index contributed by atoms with van der Waals surface area (Å²) in [5, 5.41) is 0. The van der Waals surface area contributed by atoms with Gasteiger partial charge in [-0.1, -0.05) is 44.2 Å². The molecule has 0 aliphatic carbocycles. The van der Waals surface area contributed by atoms with Gasteiger partial charge in [0.05, 0.1) is 5.56 Å². The quantitative estimate of drug-likeness (QED) is 0.871. The first-order valence-electron chi connectivity index (χ1n) is 7.85. The summed E-state index contributed by atoms with van der Waals surface area (Å²) in [4.78, 5) is 23.3. The molecule has 4 heteroatoms. The largest absolute Gasteiger partial charge is 0.335 e. The van der Waals surface area contributed by atoms with Gasteiger partial charge in [-0.05, 0) is 18.8 Å². The third-order valence-corrected chi connectivity index (χ3v) is 4.26. The lowest BCUT2D eigenvalue weighted by Gasteiger charge is -2.27. The molecule has 0 bridgehead atoms. The highest BCUT2D eigenvalue weighted by atomic mass is 16.2. The molecule has 0 radical (unpaired) electrons. The van der Waals surface area contributed by atoms with Crippen LogP contribution in [0.3, 0.4) is 0 Å². The molecule has 1 fully saturated rings. The fraction of sp³-hybridized carbons (Fsp3) is 0.389. The molecule has 1 atom stereocenters. The highest BCUT2D eigenvalue weighted by Crippen LogP contribution is 2.25. The molecule has 1 aromatic heterocycles. The maximum Gasteiger partial charge on any atom is 0.257 e. The molecule has 4 nitrogen and oxygen atoms in total. The van der Waals surface area contributed by atoms with Crippen LogP contribution in [-0.2, 0) is 0 Å². The van der Waals surface area contributed by atoms with Crippen molar-refractivity contribution in [1.29, 1.82) is 0 Å². The van der Waals surface area contributed by atoms with Crippen molar-refractivity contribution in [3.8, 4) is 11.4 Å². The molecule has 0 saturated carbocycles. The molecule has 1 aromatic carbocycles. The third-order valence-electron chi connectivity index (χ3n) is 4.26. The lowest BCUT2D eigenvalue weighted by Crippen LogP contribution is -2.38. The Morgan fingerprint density at radius 1 is 1.18 bits per heavy atom. The number of benzene rings is 1. The van der Waals surface area contributed by atoms with Gasteiger partial charge in [-0.2, -0.15) is 0 Å². The maximum absolute atomic E-state index is 12.7. The van der Waals surface area contributed by atoms with Crippen molar-refractivity contribution < 1.29 is 4.79 Å². The summed E-state index contributed by atoms with van der Waals surface area (Å²) in [6.45, 7) is 5.18. The fourth-order valence-corrected chi connectivity index (χ4v) is 3.08. The summed E-state index contributed by atoms with van der Waals surface area (Å²) in [6, 6.07) is 10.1. The zero-order valence-electron chi connectivity index (χ0n) is 13.1. The van der Waals surface area contributed by atoms with E-state index in [9.17, 15) is 4.79 Å². The van der Waals surface area contributed by atoms with Crippen molar-refractivity contribution in [3.63, 3.8) is 0 Å².